The van der Waals surface area contributed by atoms with Crippen LogP contribution < -0.4 is 10.5 Å². The van der Waals surface area contributed by atoms with Gasteiger partial charge < -0.3 is 5.73 Å². The summed E-state index contributed by atoms with van der Waals surface area (Å²) in [7, 11) is -4.02. The molecule has 0 aliphatic carbocycles. The Kier molecular flexibility index (Phi) is 3.67. The Morgan fingerprint density at radius 1 is 1.10 bits per heavy atom. The molecule has 2 aromatic carbocycles. The highest BCUT2D eigenvalue weighted by molar-refractivity contribution is 7.92. The summed E-state index contributed by atoms with van der Waals surface area (Å²) in [6, 6.07) is 8.83. The van der Waals surface area contributed by atoms with Crippen molar-refractivity contribution in [1.29, 1.82) is 0 Å². The molecular formula is C14H15FN2O2S. The summed E-state index contributed by atoms with van der Waals surface area (Å²) in [5, 5.41) is 0. The molecule has 4 nitrogen and oxygen atoms in total. The molecule has 0 aromatic heterocycles. The van der Waals surface area contributed by atoms with E-state index in [1.807, 2.05) is 6.07 Å². The van der Waals surface area contributed by atoms with Gasteiger partial charge in [0, 0.05) is 5.69 Å². The lowest BCUT2D eigenvalue weighted by molar-refractivity contribution is 0.570. The number of anilines is 2. The zero-order valence-corrected chi connectivity index (χ0v) is 12.0. The molecule has 0 bridgehead atoms. The molecule has 3 N–H and O–H groups in total. The molecule has 2 aromatic rings. The number of nitrogens with one attached hydrogen (secondary N) is 1. The van der Waals surface area contributed by atoms with Gasteiger partial charge in [0.25, 0.3) is 10.0 Å². The SMILES string of the molecule is Cc1cccc(C)c1NS(=O)(=O)c1cc(N)ccc1F. The molecule has 0 aliphatic heterocycles. The van der Waals surface area contributed by atoms with Gasteiger partial charge in [0.15, 0.2) is 0 Å². The first-order valence-electron chi connectivity index (χ1n) is 5.95. The van der Waals surface area contributed by atoms with E-state index in [1.54, 1.807) is 26.0 Å². The van der Waals surface area contributed by atoms with Crippen LogP contribution in [0.1, 0.15) is 11.1 Å². The predicted octanol–water partition coefficient (Wildman–Crippen LogP) is 2.83. The second-order valence-electron chi connectivity index (χ2n) is 4.56. The van der Waals surface area contributed by atoms with Crippen LogP contribution in [0.3, 0.4) is 0 Å². The van der Waals surface area contributed by atoms with E-state index in [0.29, 0.717) is 5.69 Å². The van der Waals surface area contributed by atoms with Crippen LogP contribution in [0.4, 0.5) is 15.8 Å². The number of nitrogen functional groups attached to an aromatic ring is 1. The fourth-order valence-electron chi connectivity index (χ4n) is 1.89. The fourth-order valence-corrected chi connectivity index (χ4v) is 3.21. The van der Waals surface area contributed by atoms with Gasteiger partial charge in [-0.3, -0.25) is 4.72 Å². The maximum absolute atomic E-state index is 13.7. The first-order chi connectivity index (χ1) is 9.31. The summed E-state index contributed by atoms with van der Waals surface area (Å²) in [5.41, 5.74) is 7.68. The number of hydrogen-bond donors (Lipinski definition) is 2. The largest absolute Gasteiger partial charge is 0.399 e. The first-order valence-corrected chi connectivity index (χ1v) is 7.43. The van der Waals surface area contributed by atoms with Crippen molar-refractivity contribution < 1.29 is 12.8 Å². The molecule has 106 valence electrons. The summed E-state index contributed by atoms with van der Waals surface area (Å²) in [6.45, 7) is 3.56. The van der Waals surface area contributed by atoms with Gasteiger partial charge in [-0.1, -0.05) is 18.2 Å². The van der Waals surface area contributed by atoms with Crippen LogP contribution in [-0.4, -0.2) is 8.42 Å². The monoisotopic (exact) mass is 294 g/mol. The third kappa shape index (κ3) is 2.75. The summed E-state index contributed by atoms with van der Waals surface area (Å²) >= 11 is 0. The lowest BCUT2D eigenvalue weighted by atomic mass is 10.1. The van der Waals surface area contributed by atoms with E-state index in [1.165, 1.54) is 6.07 Å². The van der Waals surface area contributed by atoms with Gasteiger partial charge in [-0.25, -0.2) is 12.8 Å². The van der Waals surface area contributed by atoms with Crippen LogP contribution in [0.5, 0.6) is 0 Å². The number of benzene rings is 2. The summed E-state index contributed by atoms with van der Waals surface area (Å²) in [5.74, 6) is -0.835. The Bertz CT molecular complexity index is 738. The molecule has 0 unspecified atom stereocenters. The van der Waals surface area contributed by atoms with Crippen molar-refractivity contribution >= 4 is 21.4 Å². The highest BCUT2D eigenvalue weighted by atomic mass is 32.2. The molecule has 20 heavy (non-hydrogen) atoms. The number of halogens is 1. The number of para-hydroxylation sites is 1. The molecule has 0 saturated heterocycles. The van der Waals surface area contributed by atoms with Gasteiger partial charge in [0.1, 0.15) is 10.7 Å². The van der Waals surface area contributed by atoms with E-state index < -0.39 is 20.7 Å². The van der Waals surface area contributed by atoms with E-state index in [2.05, 4.69) is 4.72 Å². The molecule has 0 radical (unpaired) electrons. The van der Waals surface area contributed by atoms with E-state index in [-0.39, 0.29) is 5.69 Å². The molecule has 0 atom stereocenters. The smallest absolute Gasteiger partial charge is 0.264 e. The lowest BCUT2D eigenvalue weighted by Gasteiger charge is -2.13. The molecule has 6 heteroatoms. The van der Waals surface area contributed by atoms with Gasteiger partial charge >= 0.3 is 0 Å². The molecule has 0 spiro atoms. The van der Waals surface area contributed by atoms with Crippen LogP contribution in [0.2, 0.25) is 0 Å². The Balaban J connectivity index is 2.49. The quantitative estimate of drug-likeness (QED) is 0.855. The second kappa shape index (κ2) is 5.13. The Morgan fingerprint density at radius 3 is 2.30 bits per heavy atom. The van der Waals surface area contributed by atoms with Crippen molar-refractivity contribution in [2.75, 3.05) is 10.5 Å². The highest BCUT2D eigenvalue weighted by Gasteiger charge is 2.20. The Morgan fingerprint density at radius 2 is 1.70 bits per heavy atom. The average molecular weight is 294 g/mol. The Hall–Kier alpha value is -2.08. The number of aryl methyl sites for hydroxylation is 2. The number of nitrogens with two attached hydrogens (primary N) is 1. The molecule has 0 amide bonds. The van der Waals surface area contributed by atoms with Crippen LogP contribution in [0.25, 0.3) is 0 Å². The third-order valence-corrected chi connectivity index (χ3v) is 4.33. The molecular weight excluding hydrogens is 279 g/mol. The number of sulfonamides is 1. The highest BCUT2D eigenvalue weighted by Crippen LogP contribution is 2.25. The van der Waals surface area contributed by atoms with Crippen LogP contribution in [0.15, 0.2) is 41.3 Å². The third-order valence-electron chi connectivity index (χ3n) is 2.96. The minimum atomic E-state index is -4.02. The average Bonchev–Trinajstić information content (AvgIpc) is 2.37. The van der Waals surface area contributed by atoms with Crippen molar-refractivity contribution in [1.82, 2.24) is 0 Å². The zero-order chi connectivity index (χ0) is 14.9. The topological polar surface area (TPSA) is 72.2 Å². The van der Waals surface area contributed by atoms with Gasteiger partial charge in [0.05, 0.1) is 5.69 Å². The van der Waals surface area contributed by atoms with Gasteiger partial charge in [0.2, 0.25) is 0 Å². The molecule has 2 rings (SSSR count). The maximum Gasteiger partial charge on any atom is 0.264 e. The second-order valence-corrected chi connectivity index (χ2v) is 6.21. The van der Waals surface area contributed by atoms with Crippen LogP contribution in [-0.2, 0) is 10.0 Å². The van der Waals surface area contributed by atoms with Crippen molar-refractivity contribution in [2.45, 2.75) is 18.7 Å². The molecule has 0 heterocycles. The first kappa shape index (κ1) is 14.3. The fraction of sp³-hybridized carbons (Fsp3) is 0.143. The van der Waals surface area contributed by atoms with E-state index in [4.69, 9.17) is 5.73 Å². The summed E-state index contributed by atoms with van der Waals surface area (Å²) in [4.78, 5) is -0.458. The van der Waals surface area contributed by atoms with Gasteiger partial charge in [-0.15, -0.1) is 0 Å². The minimum absolute atomic E-state index is 0.188. The minimum Gasteiger partial charge on any atom is -0.399 e. The molecule has 0 aliphatic rings. The van der Waals surface area contributed by atoms with E-state index >= 15 is 0 Å². The predicted molar refractivity (Wildman–Crippen MR) is 77.5 cm³/mol. The normalized spacial score (nSPS) is 11.3. The van der Waals surface area contributed by atoms with Crippen molar-refractivity contribution in [3.63, 3.8) is 0 Å². The summed E-state index contributed by atoms with van der Waals surface area (Å²) < 4.78 is 40.7. The van der Waals surface area contributed by atoms with Crippen molar-refractivity contribution in [3.05, 3.63) is 53.3 Å². The summed E-state index contributed by atoms with van der Waals surface area (Å²) in [6.07, 6.45) is 0. The number of hydrogen-bond acceptors (Lipinski definition) is 3. The van der Waals surface area contributed by atoms with Crippen molar-refractivity contribution in [2.24, 2.45) is 0 Å². The maximum atomic E-state index is 13.7. The molecule has 0 saturated carbocycles. The van der Waals surface area contributed by atoms with Gasteiger partial charge in [-0.05, 0) is 43.2 Å². The van der Waals surface area contributed by atoms with Crippen LogP contribution in [0, 0.1) is 19.7 Å². The van der Waals surface area contributed by atoms with Gasteiger partial charge in [-0.2, -0.15) is 0 Å². The molecule has 0 fully saturated rings. The van der Waals surface area contributed by atoms with E-state index in [9.17, 15) is 12.8 Å². The lowest BCUT2D eigenvalue weighted by Crippen LogP contribution is -2.16. The van der Waals surface area contributed by atoms with Crippen LogP contribution >= 0.6 is 0 Å². The van der Waals surface area contributed by atoms with E-state index in [0.717, 1.165) is 23.3 Å². The number of rotatable bonds is 3. The van der Waals surface area contributed by atoms with Crippen molar-refractivity contribution in [3.8, 4) is 0 Å². The zero-order valence-electron chi connectivity index (χ0n) is 11.1. The standard InChI is InChI=1S/C14H15FN2O2S/c1-9-4-3-5-10(2)14(9)17-20(18,19)13-8-11(16)6-7-12(13)15/h3-8,17H,16H2,1-2H3. The Labute approximate surface area is 117 Å².